The third-order valence-electron chi connectivity index (χ3n) is 2.86. The molecule has 0 saturated carbocycles. The molecule has 0 aromatic carbocycles. The van der Waals surface area contributed by atoms with E-state index in [0.29, 0.717) is 19.6 Å². The molecule has 0 aliphatic heterocycles. The molecule has 1 amide bonds. The molecule has 0 rings (SSSR count). The minimum absolute atomic E-state index is 0.253. The lowest BCUT2D eigenvalue weighted by Crippen LogP contribution is -2.31. The maximum atomic E-state index is 10.5. The summed E-state index contributed by atoms with van der Waals surface area (Å²) in [6.45, 7) is 4.63. The number of ether oxygens (including phenoxy) is 1. The van der Waals surface area contributed by atoms with E-state index in [1.807, 2.05) is 0 Å². The predicted octanol–water partition coefficient (Wildman–Crippen LogP) is 1.19. The average Bonchev–Trinajstić information content (AvgIpc) is 2.37. The van der Waals surface area contributed by atoms with Crippen molar-refractivity contribution >= 4 is 5.91 Å². The molecule has 0 radical (unpaired) electrons. The Morgan fingerprint density at radius 2 is 2.05 bits per heavy atom. The van der Waals surface area contributed by atoms with Crippen LogP contribution in [0.4, 0.5) is 0 Å². The second kappa shape index (κ2) is 13.8. The molecule has 0 aliphatic carbocycles. The van der Waals surface area contributed by atoms with E-state index >= 15 is 0 Å². The normalized spacial score (nSPS) is 12.5. The summed E-state index contributed by atoms with van der Waals surface area (Å²) in [6, 6.07) is 0. The Morgan fingerprint density at radius 3 is 2.74 bits per heavy atom. The molecule has 0 aliphatic rings. The van der Waals surface area contributed by atoms with Gasteiger partial charge in [0.05, 0.1) is 12.7 Å². The minimum Gasteiger partial charge on any atom is -0.389 e. The van der Waals surface area contributed by atoms with Crippen molar-refractivity contribution in [1.82, 2.24) is 5.32 Å². The van der Waals surface area contributed by atoms with Crippen LogP contribution in [0.3, 0.4) is 0 Å². The van der Waals surface area contributed by atoms with E-state index in [1.165, 1.54) is 19.3 Å². The molecule has 0 fully saturated rings. The first-order valence-electron chi connectivity index (χ1n) is 7.41. The molecule has 0 aromatic heterocycles. The molecule has 5 heteroatoms. The second-order valence-electron chi connectivity index (χ2n) is 4.92. The van der Waals surface area contributed by atoms with Gasteiger partial charge in [-0.2, -0.15) is 0 Å². The number of aliphatic hydroxyl groups excluding tert-OH is 1. The maximum Gasteiger partial charge on any atom is 0.217 e. The first-order valence-corrected chi connectivity index (χ1v) is 7.41. The average molecular weight is 274 g/mol. The number of hydrogen-bond acceptors (Lipinski definition) is 4. The monoisotopic (exact) mass is 274 g/mol. The fourth-order valence-corrected chi connectivity index (χ4v) is 1.73. The molecule has 5 nitrogen and oxygen atoms in total. The highest BCUT2D eigenvalue weighted by Gasteiger charge is 2.03. The summed E-state index contributed by atoms with van der Waals surface area (Å²) in [4.78, 5) is 10.5. The highest BCUT2D eigenvalue weighted by Crippen LogP contribution is 1.99. The molecule has 0 aromatic rings. The van der Waals surface area contributed by atoms with Crippen molar-refractivity contribution in [3.05, 3.63) is 0 Å². The molecule has 19 heavy (non-hydrogen) atoms. The summed E-state index contributed by atoms with van der Waals surface area (Å²) in [5.41, 5.74) is 5.04. The van der Waals surface area contributed by atoms with Crippen LogP contribution in [0.25, 0.3) is 0 Å². The Labute approximate surface area is 116 Å². The van der Waals surface area contributed by atoms with Crippen LogP contribution in [0.15, 0.2) is 0 Å². The van der Waals surface area contributed by atoms with Gasteiger partial charge in [-0.25, -0.2) is 0 Å². The Bertz CT molecular complexity index is 213. The van der Waals surface area contributed by atoms with Crippen LogP contribution in [0.5, 0.6) is 0 Å². The van der Waals surface area contributed by atoms with E-state index in [0.717, 1.165) is 32.4 Å². The topological polar surface area (TPSA) is 84.6 Å². The molecule has 0 saturated heterocycles. The first-order chi connectivity index (χ1) is 9.16. The fraction of sp³-hybridized carbons (Fsp3) is 0.929. The van der Waals surface area contributed by atoms with Crippen molar-refractivity contribution in [3.8, 4) is 0 Å². The van der Waals surface area contributed by atoms with E-state index in [1.54, 1.807) is 0 Å². The van der Waals surface area contributed by atoms with Crippen LogP contribution in [0, 0.1) is 0 Å². The van der Waals surface area contributed by atoms with Crippen LogP contribution in [0.2, 0.25) is 0 Å². The lowest BCUT2D eigenvalue weighted by molar-refractivity contribution is -0.118. The third kappa shape index (κ3) is 15.3. The van der Waals surface area contributed by atoms with Crippen molar-refractivity contribution in [1.29, 1.82) is 0 Å². The van der Waals surface area contributed by atoms with Crippen LogP contribution in [0.1, 0.15) is 51.9 Å². The van der Waals surface area contributed by atoms with E-state index in [4.69, 9.17) is 10.5 Å². The van der Waals surface area contributed by atoms with Crippen LogP contribution in [-0.2, 0) is 9.53 Å². The Hall–Kier alpha value is -0.650. The number of primary amides is 1. The molecule has 0 bridgehead atoms. The lowest BCUT2D eigenvalue weighted by Gasteiger charge is -2.12. The van der Waals surface area contributed by atoms with Gasteiger partial charge in [-0.05, 0) is 25.8 Å². The minimum atomic E-state index is -0.456. The number of nitrogens with one attached hydrogen (secondary N) is 1. The molecular formula is C14H30N2O3. The summed E-state index contributed by atoms with van der Waals surface area (Å²) >= 11 is 0. The van der Waals surface area contributed by atoms with Crippen molar-refractivity contribution in [2.45, 2.75) is 58.0 Å². The van der Waals surface area contributed by atoms with Gasteiger partial charge >= 0.3 is 0 Å². The zero-order chi connectivity index (χ0) is 14.3. The van der Waals surface area contributed by atoms with Crippen LogP contribution in [-0.4, -0.2) is 43.4 Å². The van der Waals surface area contributed by atoms with Crippen LogP contribution >= 0.6 is 0 Å². The predicted molar refractivity (Wildman–Crippen MR) is 76.9 cm³/mol. The van der Waals surface area contributed by atoms with Crippen molar-refractivity contribution in [2.75, 3.05) is 26.3 Å². The number of unbranched alkanes of at least 4 members (excludes halogenated alkanes) is 4. The van der Waals surface area contributed by atoms with Gasteiger partial charge in [-0.1, -0.05) is 26.2 Å². The zero-order valence-corrected chi connectivity index (χ0v) is 12.2. The lowest BCUT2D eigenvalue weighted by atomic mass is 10.2. The van der Waals surface area contributed by atoms with E-state index in [9.17, 15) is 9.90 Å². The zero-order valence-electron chi connectivity index (χ0n) is 12.2. The number of rotatable bonds is 14. The maximum absolute atomic E-state index is 10.5. The van der Waals surface area contributed by atoms with Gasteiger partial charge in [-0.15, -0.1) is 0 Å². The van der Waals surface area contributed by atoms with Gasteiger partial charge in [0.1, 0.15) is 0 Å². The Balaban J connectivity index is 3.16. The number of nitrogens with two attached hydrogens (primary N) is 1. The van der Waals surface area contributed by atoms with Gasteiger partial charge < -0.3 is 20.9 Å². The van der Waals surface area contributed by atoms with E-state index in [-0.39, 0.29) is 5.91 Å². The summed E-state index contributed by atoms with van der Waals surface area (Å²) < 4.78 is 5.40. The Kier molecular flexibility index (Phi) is 13.3. The molecule has 114 valence electrons. The molecular weight excluding hydrogens is 244 g/mol. The summed E-state index contributed by atoms with van der Waals surface area (Å²) in [6.07, 6.45) is 6.42. The summed E-state index contributed by atoms with van der Waals surface area (Å²) in [5.74, 6) is -0.253. The van der Waals surface area contributed by atoms with Gasteiger partial charge in [0, 0.05) is 19.6 Å². The number of carbonyl (C=O) groups is 1. The smallest absolute Gasteiger partial charge is 0.217 e. The van der Waals surface area contributed by atoms with Gasteiger partial charge in [0.25, 0.3) is 0 Å². The van der Waals surface area contributed by atoms with Gasteiger partial charge in [-0.3, -0.25) is 4.79 Å². The number of amides is 1. The molecule has 1 unspecified atom stereocenters. The standard InChI is InChI=1S/C14H30N2O3/c1-2-3-4-7-10-19-12-13(17)11-16-9-6-5-8-14(15)18/h13,16-17H,2-12H2,1H3,(H2,15,18). The van der Waals surface area contributed by atoms with Crippen molar-refractivity contribution in [3.63, 3.8) is 0 Å². The number of aliphatic hydroxyl groups is 1. The molecule has 4 N–H and O–H groups in total. The molecule has 0 spiro atoms. The van der Waals surface area contributed by atoms with Crippen molar-refractivity contribution in [2.24, 2.45) is 5.73 Å². The quantitative estimate of drug-likeness (QED) is 0.415. The summed E-state index contributed by atoms with van der Waals surface area (Å²) in [7, 11) is 0. The highest BCUT2D eigenvalue weighted by atomic mass is 16.5. The molecule has 1 atom stereocenters. The summed E-state index contributed by atoms with van der Waals surface area (Å²) in [5, 5.41) is 12.8. The first kappa shape index (κ1) is 18.4. The second-order valence-corrected chi connectivity index (χ2v) is 4.92. The Morgan fingerprint density at radius 1 is 1.26 bits per heavy atom. The highest BCUT2D eigenvalue weighted by molar-refractivity contribution is 5.73. The van der Waals surface area contributed by atoms with Gasteiger partial charge in [0.2, 0.25) is 5.91 Å². The number of carbonyl (C=O) groups excluding carboxylic acids is 1. The third-order valence-corrected chi connectivity index (χ3v) is 2.86. The molecule has 0 heterocycles. The van der Waals surface area contributed by atoms with Crippen molar-refractivity contribution < 1.29 is 14.6 Å². The fourth-order valence-electron chi connectivity index (χ4n) is 1.73. The number of hydrogen-bond donors (Lipinski definition) is 3. The van der Waals surface area contributed by atoms with Gasteiger partial charge in [0.15, 0.2) is 0 Å². The SMILES string of the molecule is CCCCCCOCC(O)CNCCCCC(N)=O. The van der Waals surface area contributed by atoms with E-state index in [2.05, 4.69) is 12.2 Å². The van der Waals surface area contributed by atoms with E-state index < -0.39 is 6.10 Å². The largest absolute Gasteiger partial charge is 0.389 e. The van der Waals surface area contributed by atoms with Crippen LogP contribution < -0.4 is 11.1 Å².